The van der Waals surface area contributed by atoms with Crippen LogP contribution in [0.15, 0.2) is 22.8 Å². The molecule has 0 aliphatic heterocycles. The average Bonchev–Trinajstić information content (AvgIpc) is 2.35. The fraction of sp³-hybridized carbons (Fsp3) is 0.667. The molecule has 0 amide bonds. The van der Waals surface area contributed by atoms with Crippen LogP contribution in [0.5, 0.6) is 5.88 Å². The van der Waals surface area contributed by atoms with Crippen molar-refractivity contribution in [2.75, 3.05) is 0 Å². The van der Waals surface area contributed by atoms with E-state index in [2.05, 4.69) is 25.6 Å². The standard InChI is InChI=1S/C15H25BrN2O2S/c1-11(18-21(19)15(3,4)5)6-7-12(2)20-14-10-13(16)8-9-17-14/h8-12,18H,6-7H2,1-5H3/t11-,12-,21+/m0/s1. The Kier molecular flexibility index (Phi) is 7.30. The van der Waals surface area contributed by atoms with Gasteiger partial charge in [-0.05, 0) is 53.5 Å². The van der Waals surface area contributed by atoms with Gasteiger partial charge in [-0.15, -0.1) is 0 Å². The van der Waals surface area contributed by atoms with Crippen LogP contribution in [0, 0.1) is 0 Å². The summed E-state index contributed by atoms with van der Waals surface area (Å²) < 4.78 is 21.6. The van der Waals surface area contributed by atoms with Gasteiger partial charge in [-0.2, -0.15) is 0 Å². The Morgan fingerprint density at radius 3 is 2.62 bits per heavy atom. The van der Waals surface area contributed by atoms with Crippen molar-refractivity contribution in [2.24, 2.45) is 0 Å². The molecular weight excluding hydrogens is 352 g/mol. The number of hydrogen-bond donors (Lipinski definition) is 1. The molecule has 0 aliphatic rings. The summed E-state index contributed by atoms with van der Waals surface area (Å²) in [6.07, 6.45) is 3.56. The van der Waals surface area contributed by atoms with E-state index in [0.717, 1.165) is 17.3 Å². The van der Waals surface area contributed by atoms with Crippen LogP contribution in [0.1, 0.15) is 47.5 Å². The Labute approximate surface area is 138 Å². The maximum atomic E-state index is 12.0. The van der Waals surface area contributed by atoms with Gasteiger partial charge in [-0.25, -0.2) is 13.9 Å². The van der Waals surface area contributed by atoms with Gasteiger partial charge in [0.1, 0.15) is 0 Å². The van der Waals surface area contributed by atoms with Crippen molar-refractivity contribution in [3.63, 3.8) is 0 Å². The van der Waals surface area contributed by atoms with E-state index in [1.165, 1.54) is 0 Å². The highest BCUT2D eigenvalue weighted by Crippen LogP contribution is 2.17. The number of pyridine rings is 1. The Morgan fingerprint density at radius 2 is 2.05 bits per heavy atom. The fourth-order valence-electron chi connectivity index (χ4n) is 1.62. The molecule has 0 spiro atoms. The van der Waals surface area contributed by atoms with Crippen LogP contribution in [0.3, 0.4) is 0 Å². The molecule has 120 valence electrons. The first-order valence-electron chi connectivity index (χ1n) is 7.14. The van der Waals surface area contributed by atoms with Gasteiger partial charge in [0, 0.05) is 22.8 Å². The lowest BCUT2D eigenvalue weighted by Crippen LogP contribution is -2.38. The molecule has 1 aromatic rings. The minimum absolute atomic E-state index is 0.0686. The summed E-state index contributed by atoms with van der Waals surface area (Å²) in [5, 5.41) is 0. The molecule has 1 rings (SSSR count). The number of rotatable bonds is 7. The van der Waals surface area contributed by atoms with Gasteiger partial charge >= 0.3 is 0 Å². The van der Waals surface area contributed by atoms with Crippen LogP contribution in [0.4, 0.5) is 0 Å². The molecule has 0 aromatic carbocycles. The van der Waals surface area contributed by atoms with E-state index in [4.69, 9.17) is 4.74 Å². The van der Waals surface area contributed by atoms with Crippen LogP contribution in [-0.2, 0) is 11.0 Å². The second-order valence-electron chi connectivity index (χ2n) is 6.22. The number of hydrogen-bond acceptors (Lipinski definition) is 3. The van der Waals surface area contributed by atoms with Crippen molar-refractivity contribution in [1.82, 2.24) is 9.71 Å². The Balaban J connectivity index is 2.36. The molecule has 1 N–H and O–H groups in total. The van der Waals surface area contributed by atoms with Crippen LogP contribution in [0.2, 0.25) is 0 Å². The number of nitrogens with zero attached hydrogens (tertiary/aromatic N) is 1. The van der Waals surface area contributed by atoms with Gasteiger partial charge < -0.3 is 4.74 Å². The molecule has 0 radical (unpaired) electrons. The predicted octanol–water partition coefficient (Wildman–Crippen LogP) is 3.83. The highest BCUT2D eigenvalue weighted by atomic mass is 79.9. The third-order valence-electron chi connectivity index (χ3n) is 2.89. The van der Waals surface area contributed by atoms with Gasteiger partial charge in [0.05, 0.1) is 21.8 Å². The molecule has 3 atom stereocenters. The summed E-state index contributed by atoms with van der Waals surface area (Å²) in [7, 11) is -1.03. The Bertz CT molecular complexity index is 477. The third-order valence-corrected chi connectivity index (χ3v) is 5.11. The minimum Gasteiger partial charge on any atom is -0.475 e. The maximum absolute atomic E-state index is 12.0. The number of ether oxygens (including phenoxy) is 1. The lowest BCUT2D eigenvalue weighted by Gasteiger charge is -2.23. The number of nitrogens with one attached hydrogen (secondary N) is 1. The maximum Gasteiger partial charge on any atom is 0.214 e. The highest BCUT2D eigenvalue weighted by Gasteiger charge is 2.21. The molecule has 1 heterocycles. The average molecular weight is 377 g/mol. The summed E-state index contributed by atoms with van der Waals surface area (Å²) in [4.78, 5) is 4.17. The van der Waals surface area contributed by atoms with Gasteiger partial charge in [0.15, 0.2) is 0 Å². The zero-order valence-electron chi connectivity index (χ0n) is 13.4. The summed E-state index contributed by atoms with van der Waals surface area (Å²) in [6, 6.07) is 3.91. The van der Waals surface area contributed by atoms with E-state index >= 15 is 0 Å². The molecule has 0 saturated heterocycles. The van der Waals surface area contributed by atoms with Crippen LogP contribution >= 0.6 is 15.9 Å². The summed E-state index contributed by atoms with van der Waals surface area (Å²) in [5.74, 6) is 0.621. The molecule has 0 fully saturated rings. The smallest absolute Gasteiger partial charge is 0.214 e. The van der Waals surface area contributed by atoms with Crippen molar-refractivity contribution in [3.05, 3.63) is 22.8 Å². The minimum atomic E-state index is -1.03. The van der Waals surface area contributed by atoms with E-state index in [1.54, 1.807) is 6.20 Å². The van der Waals surface area contributed by atoms with Crippen LogP contribution in [-0.4, -0.2) is 26.1 Å². The monoisotopic (exact) mass is 376 g/mol. The largest absolute Gasteiger partial charge is 0.475 e. The van der Waals surface area contributed by atoms with E-state index < -0.39 is 11.0 Å². The lowest BCUT2D eigenvalue weighted by atomic mass is 10.1. The molecule has 21 heavy (non-hydrogen) atoms. The van der Waals surface area contributed by atoms with Crippen LogP contribution < -0.4 is 9.46 Å². The Morgan fingerprint density at radius 1 is 1.38 bits per heavy atom. The first-order valence-corrected chi connectivity index (χ1v) is 9.09. The van der Waals surface area contributed by atoms with E-state index in [0.29, 0.717) is 5.88 Å². The quantitative estimate of drug-likeness (QED) is 0.786. The zero-order chi connectivity index (χ0) is 16.0. The van der Waals surface area contributed by atoms with Gasteiger partial charge in [-0.3, -0.25) is 0 Å². The molecule has 6 heteroatoms. The lowest BCUT2D eigenvalue weighted by molar-refractivity contribution is 0.196. The van der Waals surface area contributed by atoms with Crippen molar-refractivity contribution in [3.8, 4) is 5.88 Å². The summed E-state index contributed by atoms with van der Waals surface area (Å²) in [6.45, 7) is 9.97. The first-order chi connectivity index (χ1) is 9.68. The molecule has 1 aromatic heterocycles. The molecule has 0 saturated carbocycles. The number of halogens is 1. The zero-order valence-corrected chi connectivity index (χ0v) is 15.8. The van der Waals surface area contributed by atoms with Crippen molar-refractivity contribution < 1.29 is 8.95 Å². The van der Waals surface area contributed by atoms with Gasteiger partial charge in [0.25, 0.3) is 0 Å². The van der Waals surface area contributed by atoms with Crippen molar-refractivity contribution in [1.29, 1.82) is 0 Å². The van der Waals surface area contributed by atoms with Crippen LogP contribution in [0.25, 0.3) is 0 Å². The normalized spacial score (nSPS) is 16.3. The van der Waals surface area contributed by atoms with E-state index in [-0.39, 0.29) is 16.9 Å². The summed E-state index contributed by atoms with van der Waals surface area (Å²) in [5.41, 5.74) is 0. The topological polar surface area (TPSA) is 51.2 Å². The molecule has 4 nitrogen and oxygen atoms in total. The van der Waals surface area contributed by atoms with Crippen molar-refractivity contribution in [2.45, 2.75) is 64.4 Å². The van der Waals surface area contributed by atoms with Gasteiger partial charge in [-0.1, -0.05) is 15.9 Å². The SMILES string of the molecule is C[C@@H](CC[C@H](C)Oc1cc(Br)ccn1)N[S@](=O)C(C)(C)C. The molecule has 0 bridgehead atoms. The molecular formula is C15H25BrN2O2S. The molecule has 0 aliphatic carbocycles. The van der Waals surface area contributed by atoms with E-state index in [1.807, 2.05) is 46.8 Å². The fourth-order valence-corrected chi connectivity index (χ4v) is 2.77. The first kappa shape index (κ1) is 18.6. The van der Waals surface area contributed by atoms with Crippen molar-refractivity contribution >= 4 is 26.9 Å². The molecule has 0 unspecified atom stereocenters. The Hall–Kier alpha value is -0.460. The second-order valence-corrected chi connectivity index (χ2v) is 9.13. The third kappa shape index (κ3) is 7.38. The van der Waals surface area contributed by atoms with E-state index in [9.17, 15) is 4.21 Å². The second kappa shape index (κ2) is 8.25. The predicted molar refractivity (Wildman–Crippen MR) is 91.8 cm³/mol. The number of aromatic nitrogens is 1. The summed E-state index contributed by atoms with van der Waals surface area (Å²) >= 11 is 3.40. The highest BCUT2D eigenvalue weighted by molar-refractivity contribution is 9.10. The van der Waals surface area contributed by atoms with Gasteiger partial charge in [0.2, 0.25) is 5.88 Å².